The van der Waals surface area contributed by atoms with Gasteiger partial charge >= 0.3 is 24.7 Å². The fourth-order valence-electron chi connectivity index (χ4n) is 4.62. The molecule has 0 aliphatic carbocycles. The Morgan fingerprint density at radius 3 is 2.33 bits per heavy atom. The van der Waals surface area contributed by atoms with E-state index in [0.29, 0.717) is 11.8 Å². The van der Waals surface area contributed by atoms with Gasteiger partial charge in [-0.25, -0.2) is 14.5 Å². The van der Waals surface area contributed by atoms with E-state index in [2.05, 4.69) is 25.1 Å². The summed E-state index contributed by atoms with van der Waals surface area (Å²) in [5.74, 6) is -1.68. The Morgan fingerprint density at radius 2 is 1.69 bits per heavy atom. The highest BCUT2D eigenvalue weighted by molar-refractivity contribution is 8.15. The van der Waals surface area contributed by atoms with Crippen molar-refractivity contribution in [3.05, 3.63) is 72.6 Å². The number of nitrogens with zero attached hydrogens (tertiary/aromatic N) is 6. The van der Waals surface area contributed by atoms with Gasteiger partial charge in [0.2, 0.25) is 5.91 Å². The van der Waals surface area contributed by atoms with Crippen LogP contribution in [0.1, 0.15) is 12.0 Å². The van der Waals surface area contributed by atoms with E-state index in [9.17, 15) is 49.1 Å². The smallest absolute Gasteiger partial charge is 0.491 e. The number of amidine groups is 1. The molecule has 1 aliphatic heterocycles. The number of thioether (sulfide) groups is 1. The van der Waals surface area contributed by atoms with Gasteiger partial charge in [0, 0.05) is 25.3 Å². The second kappa shape index (κ2) is 14.6. The molecule has 0 saturated carbocycles. The molecule has 276 valence electrons. The van der Waals surface area contributed by atoms with Crippen LogP contribution >= 0.6 is 11.8 Å². The highest BCUT2D eigenvalue weighted by Gasteiger charge is 2.36. The van der Waals surface area contributed by atoms with Crippen LogP contribution in [0, 0.1) is 0 Å². The number of amides is 3. The third-order valence-corrected chi connectivity index (χ3v) is 7.88. The van der Waals surface area contributed by atoms with E-state index in [-0.39, 0.29) is 39.4 Å². The number of carbonyl (C=O) groups excluding carboxylic acids is 2. The highest BCUT2D eigenvalue weighted by atomic mass is 32.2. The maximum absolute atomic E-state index is 14.2. The molecule has 21 heteroatoms. The third kappa shape index (κ3) is 9.44. The number of rotatable bonds is 9. The fraction of sp³-hybridized carbons (Fsp3) is 0.258. The predicted octanol–water partition coefficient (Wildman–Crippen LogP) is 7.92. The Morgan fingerprint density at radius 1 is 0.981 bits per heavy atom. The molecule has 1 saturated heterocycles. The number of benzene rings is 3. The number of hydrogen-bond donors (Lipinski definition) is 1. The zero-order chi connectivity index (χ0) is 38.0. The average molecular weight is 762 g/mol. The Kier molecular flexibility index (Phi) is 10.6. The fourth-order valence-corrected chi connectivity index (χ4v) is 5.47. The Labute approximate surface area is 292 Å². The molecule has 52 heavy (non-hydrogen) atoms. The van der Waals surface area contributed by atoms with Gasteiger partial charge in [-0.2, -0.15) is 31.3 Å². The average Bonchev–Trinajstić information content (AvgIpc) is 3.67. The van der Waals surface area contributed by atoms with Crippen LogP contribution < -0.4 is 24.6 Å². The molecular formula is C31H24F9N7O4S. The summed E-state index contributed by atoms with van der Waals surface area (Å²) in [4.78, 5) is 36.3. The van der Waals surface area contributed by atoms with Crippen LogP contribution in [0.15, 0.2) is 72.0 Å². The molecule has 5 rings (SSSR count). The quantitative estimate of drug-likeness (QED) is 0.171. The first-order valence-corrected chi connectivity index (χ1v) is 15.6. The summed E-state index contributed by atoms with van der Waals surface area (Å²) in [5, 5.41) is 5.88. The molecule has 0 spiro atoms. The predicted molar refractivity (Wildman–Crippen MR) is 172 cm³/mol. The maximum Gasteiger partial charge on any atom is 0.573 e. The summed E-state index contributed by atoms with van der Waals surface area (Å²) in [7, 11) is 3.33. The number of aromatic nitrogens is 3. The molecule has 3 aromatic carbocycles. The number of urea groups is 1. The largest absolute Gasteiger partial charge is 0.573 e. The molecule has 11 nitrogen and oxygen atoms in total. The second-order valence-electron chi connectivity index (χ2n) is 10.9. The molecule has 1 fully saturated rings. The van der Waals surface area contributed by atoms with Crippen molar-refractivity contribution in [2.24, 2.45) is 4.99 Å². The summed E-state index contributed by atoms with van der Waals surface area (Å²) in [6.07, 6.45) is -14.6. The molecule has 1 N–H and O–H groups in total. The second-order valence-corrected chi connectivity index (χ2v) is 11.9. The summed E-state index contributed by atoms with van der Waals surface area (Å²) in [6, 6.07) is 10.2. The molecular weight excluding hydrogens is 737 g/mol. The lowest BCUT2D eigenvalue weighted by molar-refractivity contribution is -0.274. The first kappa shape index (κ1) is 37.8. The molecule has 0 radical (unpaired) electrons. The normalized spacial score (nSPS) is 14.6. The van der Waals surface area contributed by atoms with Gasteiger partial charge in [0.15, 0.2) is 11.0 Å². The molecule has 4 aromatic rings. The Balaban J connectivity index is 1.39. The number of aliphatic imine (C=N–C) groups is 1. The number of anilines is 3. The van der Waals surface area contributed by atoms with Crippen molar-refractivity contribution in [1.29, 1.82) is 0 Å². The molecule has 0 unspecified atom stereocenters. The van der Waals surface area contributed by atoms with E-state index >= 15 is 0 Å². The summed E-state index contributed by atoms with van der Waals surface area (Å²) in [6.45, 7) is -0.778. The minimum Gasteiger partial charge on any atom is -0.491 e. The van der Waals surface area contributed by atoms with Crippen LogP contribution in [-0.4, -0.2) is 70.9 Å². The zero-order valence-corrected chi connectivity index (χ0v) is 27.4. The number of alkyl halides is 9. The molecule has 1 aromatic heterocycles. The first-order chi connectivity index (χ1) is 24.3. The third-order valence-electron chi connectivity index (χ3n) is 6.96. The van der Waals surface area contributed by atoms with Crippen LogP contribution in [0.5, 0.6) is 11.5 Å². The number of hydrogen-bond acceptors (Lipinski definition) is 8. The van der Waals surface area contributed by atoms with Crippen molar-refractivity contribution in [2.45, 2.75) is 25.1 Å². The van der Waals surface area contributed by atoms with E-state index in [4.69, 9.17) is 4.74 Å². The number of nitrogens with one attached hydrogen (secondary N) is 1. The maximum atomic E-state index is 14.2. The Bertz CT molecular complexity index is 1980. The van der Waals surface area contributed by atoms with Gasteiger partial charge in [-0.05, 0) is 60.7 Å². The van der Waals surface area contributed by atoms with Crippen molar-refractivity contribution in [2.75, 3.05) is 41.6 Å². The van der Waals surface area contributed by atoms with Crippen molar-refractivity contribution in [1.82, 2.24) is 14.8 Å². The highest BCUT2D eigenvalue weighted by Crippen LogP contribution is 2.39. The molecule has 0 atom stereocenters. The van der Waals surface area contributed by atoms with Gasteiger partial charge in [0.05, 0.1) is 41.4 Å². The SMILES string of the molecule is CN(C)c1ccc(OCCC(F)(F)F)c(N2C(=O)CSC2=NC(=O)Nc2ccc(-c3ncn(-c4ccc(OC(F)(F)F)cc4)n3)cc2C(F)(F)F)c1. The molecule has 0 bridgehead atoms. The van der Waals surface area contributed by atoms with E-state index in [0.717, 1.165) is 45.9 Å². The first-order valence-electron chi connectivity index (χ1n) is 14.6. The standard InChI is InChI=1S/C31H24F9N7O4S/c1-45(2)19-6-10-24(50-12-11-29(32,33)34)23(14-19)47-25(48)15-52-28(47)43-27(49)42-22-9-3-17(13-21(22)30(35,36)37)26-41-16-46(44-26)18-4-7-20(8-5-18)51-31(38,39)40/h3-10,13-14,16H,11-12,15H2,1-2H3,(H,42,49). The summed E-state index contributed by atoms with van der Waals surface area (Å²) < 4.78 is 129. The van der Waals surface area contributed by atoms with Crippen molar-refractivity contribution in [3.8, 4) is 28.6 Å². The van der Waals surface area contributed by atoms with E-state index in [1.54, 1.807) is 19.0 Å². The lowest BCUT2D eigenvalue weighted by Gasteiger charge is -2.23. The minimum absolute atomic E-state index is 0.0345. The van der Waals surface area contributed by atoms with Gasteiger partial charge < -0.3 is 19.7 Å². The van der Waals surface area contributed by atoms with E-state index in [1.807, 2.05) is 0 Å². The summed E-state index contributed by atoms with van der Waals surface area (Å²) >= 11 is 0.775. The van der Waals surface area contributed by atoms with Gasteiger partial charge in [-0.3, -0.25) is 9.69 Å². The lowest BCUT2D eigenvalue weighted by Crippen LogP contribution is -2.31. The van der Waals surface area contributed by atoms with Crippen molar-refractivity contribution < 1.29 is 58.6 Å². The van der Waals surface area contributed by atoms with Crippen molar-refractivity contribution >= 4 is 45.9 Å². The van der Waals surface area contributed by atoms with Gasteiger partial charge in [0.1, 0.15) is 17.8 Å². The lowest BCUT2D eigenvalue weighted by atomic mass is 10.1. The Hall–Kier alpha value is -5.47. The van der Waals surface area contributed by atoms with Crippen LogP contribution in [-0.2, 0) is 11.0 Å². The number of carbonyl (C=O) groups is 2. The molecule has 1 aliphatic rings. The van der Waals surface area contributed by atoms with E-state index < -0.39 is 60.7 Å². The van der Waals surface area contributed by atoms with E-state index in [1.165, 1.54) is 36.4 Å². The topological polar surface area (TPSA) is 114 Å². The van der Waals surface area contributed by atoms with Gasteiger partial charge in [0.25, 0.3) is 0 Å². The van der Waals surface area contributed by atoms with Crippen LogP contribution in [0.2, 0.25) is 0 Å². The van der Waals surface area contributed by atoms with Crippen LogP contribution in [0.4, 0.5) is 61.4 Å². The number of halogens is 9. The van der Waals surface area contributed by atoms with Gasteiger partial charge in [-0.1, -0.05) is 11.8 Å². The summed E-state index contributed by atoms with van der Waals surface area (Å²) in [5.41, 5.74) is -1.46. The zero-order valence-electron chi connectivity index (χ0n) is 26.6. The monoisotopic (exact) mass is 761 g/mol. The molecule has 3 amide bonds. The van der Waals surface area contributed by atoms with Crippen LogP contribution in [0.25, 0.3) is 17.1 Å². The number of ether oxygens (including phenoxy) is 2. The van der Waals surface area contributed by atoms with Crippen LogP contribution in [0.3, 0.4) is 0 Å². The molecule has 2 heterocycles. The van der Waals surface area contributed by atoms with Gasteiger partial charge in [-0.15, -0.1) is 18.3 Å². The van der Waals surface area contributed by atoms with Crippen molar-refractivity contribution in [3.63, 3.8) is 0 Å². The minimum atomic E-state index is -5.01.